The van der Waals surface area contributed by atoms with Crippen LogP contribution in [-0.4, -0.2) is 104 Å². The van der Waals surface area contributed by atoms with Crippen LogP contribution in [-0.2, 0) is 65.4 Å². The van der Waals surface area contributed by atoms with Crippen molar-refractivity contribution in [3.05, 3.63) is 109 Å². The van der Waals surface area contributed by atoms with E-state index in [1.54, 1.807) is 0 Å². The van der Waals surface area contributed by atoms with Gasteiger partial charge in [0.25, 0.3) is 0 Å². The molecule has 5 atom stereocenters. The molecular weight excluding hydrogens is 1330 g/mol. The molecule has 0 aliphatic heterocycles. The van der Waals surface area contributed by atoms with Gasteiger partial charge in [-0.3, -0.25) is 32.5 Å². The van der Waals surface area contributed by atoms with E-state index in [9.17, 15) is 43.2 Å². The van der Waals surface area contributed by atoms with Crippen LogP contribution in [0.5, 0.6) is 0 Å². The fourth-order valence-electron chi connectivity index (χ4n) is 10.6. The van der Waals surface area contributed by atoms with E-state index in [1.807, 2.05) is 6.08 Å². The Morgan fingerprint density at radius 1 is 0.324 bits per heavy atom. The first kappa shape index (κ1) is 97.9. The Morgan fingerprint density at radius 2 is 0.618 bits per heavy atom. The van der Waals surface area contributed by atoms with Crippen LogP contribution in [0.2, 0.25) is 0 Å². The number of carbonyl (C=O) groups is 4. The lowest BCUT2D eigenvalue weighted by Gasteiger charge is -2.21. The third kappa shape index (κ3) is 75.6. The van der Waals surface area contributed by atoms with E-state index >= 15 is 0 Å². The van der Waals surface area contributed by atoms with Crippen LogP contribution < -0.4 is 0 Å². The van der Waals surface area contributed by atoms with Crippen molar-refractivity contribution in [3.63, 3.8) is 0 Å². The summed E-state index contributed by atoms with van der Waals surface area (Å²) in [4.78, 5) is 70.6. The number of aliphatic hydroxyl groups excluding tert-OH is 1. The number of aldehydes is 1. The van der Waals surface area contributed by atoms with E-state index in [2.05, 4.69) is 124 Å². The number of phosphoric ester groups is 2. The van der Waals surface area contributed by atoms with Crippen LogP contribution in [0, 0.1) is 0 Å². The Bertz CT molecular complexity index is 2330. The van der Waals surface area contributed by atoms with Gasteiger partial charge < -0.3 is 38.6 Å². The largest absolute Gasteiger partial charge is 0.472 e. The van der Waals surface area contributed by atoms with Crippen LogP contribution in [0.4, 0.5) is 0 Å². The molecule has 0 amide bonds. The third-order valence-electron chi connectivity index (χ3n) is 16.7. The smallest absolute Gasteiger partial charge is 0.462 e. The van der Waals surface area contributed by atoms with E-state index < -0.39 is 84.9 Å². The number of carbonyl (C=O) groups excluding carboxylic acids is 4. The summed E-state index contributed by atoms with van der Waals surface area (Å²) in [6.07, 6.45) is 82.6. The van der Waals surface area contributed by atoms with Gasteiger partial charge in [0.05, 0.1) is 33.0 Å². The second-order valence-corrected chi connectivity index (χ2v) is 29.5. The molecule has 0 aromatic rings. The highest BCUT2D eigenvalue weighted by Crippen LogP contribution is 2.45. The minimum atomic E-state index is -4.96. The molecule has 0 aliphatic rings. The van der Waals surface area contributed by atoms with Gasteiger partial charge in [0.15, 0.2) is 6.10 Å². The Balaban J connectivity index is 5.36. The fourth-order valence-corrected chi connectivity index (χ4v) is 12.1. The van der Waals surface area contributed by atoms with Gasteiger partial charge >= 0.3 is 33.6 Å². The Kier molecular flexibility index (Phi) is 73.4. The maximum atomic E-state index is 13.1. The molecule has 0 heterocycles. The molecule has 0 radical (unpaired) electrons. The SMILES string of the molecule is CCCCC/C=C\C/C=C\C/C=C\C/C=C\CCCC(=O)O[C@H](COCCCCCCCCC/C=C\CCCCCCC=O)COP(=O)(O)OC[C@@H](O)COP(=O)(O)OC[C@@H](COC(=O)CCCCCCC/C=C\C=C/CCCCCC)OC(=O)CCCCCCC/C=C\C/C=C\CCCCC. The van der Waals surface area contributed by atoms with Crippen molar-refractivity contribution in [1.29, 1.82) is 0 Å². The van der Waals surface area contributed by atoms with Crippen LogP contribution in [0.3, 0.4) is 0 Å². The number of unbranched alkanes of at least 4 members (excludes halogenated alkanes) is 33. The first-order chi connectivity index (χ1) is 49.8. The molecule has 102 heavy (non-hydrogen) atoms. The quantitative estimate of drug-likeness (QED) is 0.00976. The van der Waals surface area contributed by atoms with E-state index in [-0.39, 0.29) is 25.9 Å². The number of ether oxygens (including phenoxy) is 4. The monoisotopic (exact) mass is 1470 g/mol. The lowest BCUT2D eigenvalue weighted by molar-refractivity contribution is -0.161. The lowest BCUT2D eigenvalue weighted by atomic mass is 10.1. The van der Waals surface area contributed by atoms with Crippen molar-refractivity contribution in [3.8, 4) is 0 Å². The molecule has 0 saturated heterocycles. The molecule has 3 N–H and O–H groups in total. The standard InChI is InChI=1S/C83H144O17P2/c1-4-7-10-13-16-19-22-25-28-29-34-39-44-48-53-58-63-68-82(87)99-79(74-93-71-66-61-56-51-46-41-36-31-30-35-40-45-50-55-60-65-70-84)76-97-101(89,90)95-72-78(85)73-96-102(91,92)98-77-80(100-83(88)69-64-59-54-49-43-38-33-27-24-21-18-15-12-9-6-3)75-94-81(86)67-62-57-52-47-42-37-32-26-23-20-17-14-11-8-5-2/h16,18-21,23,25-28,30,32-35,39,48,53,70,78-80,85H,4-15,17,22,24,29,31,36-38,40-47,49-52,54-69,71-77H2,1-3H3,(H,89,90)(H,91,92)/b19-16-,21-18-,23-20-,28-25-,32-26-,33-27-,35-30-,39-34-,53-48-/t78-,79-,80-/m1/s1. The van der Waals surface area contributed by atoms with E-state index in [0.717, 1.165) is 180 Å². The zero-order valence-electron chi connectivity index (χ0n) is 64.0. The molecule has 0 saturated carbocycles. The first-order valence-electron chi connectivity index (χ1n) is 40.1. The Labute approximate surface area is 619 Å². The Hall–Kier alpha value is -4.12. The predicted octanol–water partition coefficient (Wildman–Crippen LogP) is 23.0. The van der Waals surface area contributed by atoms with Gasteiger partial charge in [-0.25, -0.2) is 9.13 Å². The second-order valence-electron chi connectivity index (χ2n) is 26.6. The second kappa shape index (κ2) is 76.5. The summed E-state index contributed by atoms with van der Waals surface area (Å²) in [5.74, 6) is -1.62. The van der Waals surface area contributed by atoms with E-state index in [0.29, 0.717) is 38.7 Å². The van der Waals surface area contributed by atoms with Crippen molar-refractivity contribution in [2.75, 3.05) is 46.2 Å². The van der Waals surface area contributed by atoms with Gasteiger partial charge in [-0.2, -0.15) is 0 Å². The highest BCUT2D eigenvalue weighted by atomic mass is 31.2. The molecule has 19 heteroatoms. The molecule has 2 unspecified atom stereocenters. The minimum absolute atomic E-state index is 0.0835. The zero-order valence-corrected chi connectivity index (χ0v) is 65.8. The van der Waals surface area contributed by atoms with Crippen LogP contribution >= 0.6 is 15.6 Å². The third-order valence-corrected chi connectivity index (χ3v) is 18.6. The molecule has 0 rings (SSSR count). The fraction of sp³-hybridized carbons (Fsp3) is 0.735. The summed E-state index contributed by atoms with van der Waals surface area (Å²) < 4.78 is 69.2. The van der Waals surface area contributed by atoms with Gasteiger partial charge in [-0.05, 0) is 154 Å². The van der Waals surface area contributed by atoms with Gasteiger partial charge in [0.1, 0.15) is 25.1 Å². The summed E-state index contributed by atoms with van der Waals surface area (Å²) in [6.45, 7) is 3.49. The predicted molar refractivity (Wildman–Crippen MR) is 418 cm³/mol. The minimum Gasteiger partial charge on any atom is -0.462 e. The maximum absolute atomic E-state index is 13.1. The van der Waals surface area contributed by atoms with Gasteiger partial charge in [0.2, 0.25) is 0 Å². The Morgan fingerprint density at radius 3 is 1.04 bits per heavy atom. The normalized spacial score (nSPS) is 14.5. The molecule has 588 valence electrons. The molecule has 0 aromatic carbocycles. The number of aliphatic hydroxyl groups is 1. The summed E-state index contributed by atoms with van der Waals surface area (Å²) in [5, 5.41) is 10.6. The molecule has 0 spiro atoms. The average Bonchev–Trinajstić information content (AvgIpc) is 0.916. The molecule has 0 fully saturated rings. The summed E-state index contributed by atoms with van der Waals surface area (Å²) in [5.41, 5.74) is 0. The molecule has 0 bridgehead atoms. The maximum Gasteiger partial charge on any atom is 0.472 e. The highest BCUT2D eigenvalue weighted by molar-refractivity contribution is 7.47. The number of hydrogen-bond donors (Lipinski definition) is 3. The number of esters is 3. The van der Waals surface area contributed by atoms with Gasteiger partial charge in [-0.15, -0.1) is 0 Å². The number of phosphoric acid groups is 2. The molecule has 0 aliphatic carbocycles. The topological polar surface area (TPSA) is 237 Å². The van der Waals surface area contributed by atoms with Gasteiger partial charge in [0, 0.05) is 32.3 Å². The van der Waals surface area contributed by atoms with Crippen molar-refractivity contribution in [2.45, 2.75) is 347 Å². The van der Waals surface area contributed by atoms with Gasteiger partial charge in [-0.1, -0.05) is 259 Å². The molecule has 0 aromatic heterocycles. The van der Waals surface area contributed by atoms with E-state index in [4.69, 9.17) is 37.0 Å². The van der Waals surface area contributed by atoms with Crippen molar-refractivity contribution < 1.29 is 80.2 Å². The van der Waals surface area contributed by atoms with Crippen molar-refractivity contribution >= 4 is 39.8 Å². The highest BCUT2D eigenvalue weighted by Gasteiger charge is 2.30. The summed E-state index contributed by atoms with van der Waals surface area (Å²) in [7, 11) is -9.87. The summed E-state index contributed by atoms with van der Waals surface area (Å²) >= 11 is 0. The van der Waals surface area contributed by atoms with Crippen LogP contribution in [0.15, 0.2) is 109 Å². The average molecular weight is 1480 g/mol. The molecule has 17 nitrogen and oxygen atoms in total. The zero-order chi connectivity index (χ0) is 74.4. The molecular formula is C83H144O17P2. The van der Waals surface area contributed by atoms with Crippen molar-refractivity contribution in [1.82, 2.24) is 0 Å². The van der Waals surface area contributed by atoms with E-state index in [1.165, 1.54) is 83.5 Å². The first-order valence-corrected chi connectivity index (χ1v) is 43.1. The summed E-state index contributed by atoms with van der Waals surface area (Å²) in [6, 6.07) is 0. The van der Waals surface area contributed by atoms with Crippen LogP contribution in [0.1, 0.15) is 329 Å². The number of hydrogen-bond acceptors (Lipinski definition) is 15. The lowest BCUT2D eigenvalue weighted by Crippen LogP contribution is -2.30. The van der Waals surface area contributed by atoms with Crippen molar-refractivity contribution in [2.24, 2.45) is 0 Å². The van der Waals surface area contributed by atoms with Crippen LogP contribution in [0.25, 0.3) is 0 Å². The number of rotatable bonds is 77. The number of allylic oxidation sites excluding steroid dienone is 18.